The number of unbranched alkanes of at least 4 members (excludes halogenated alkanes) is 1. The van der Waals surface area contributed by atoms with Crippen LogP contribution >= 0.6 is 11.3 Å². The molecule has 0 bridgehead atoms. The average molecular weight is 595 g/mol. The number of nitrogens with one attached hydrogen (secondary N) is 2. The third-order valence-corrected chi connectivity index (χ3v) is 9.51. The Balaban J connectivity index is 1.65. The van der Waals surface area contributed by atoms with Gasteiger partial charge in [0.05, 0.1) is 7.11 Å². The molecule has 2 aromatic heterocycles. The number of aromatic nitrogens is 2. The van der Waals surface area contributed by atoms with Crippen molar-refractivity contribution in [3.63, 3.8) is 0 Å². The quantitative estimate of drug-likeness (QED) is 0.147. The number of rotatable bonds is 13. The zero-order valence-corrected chi connectivity index (χ0v) is 25.0. The predicted molar refractivity (Wildman–Crippen MR) is 161 cm³/mol. The van der Waals surface area contributed by atoms with Crippen molar-refractivity contribution in [1.82, 2.24) is 19.6 Å². The molecule has 0 unspecified atom stereocenters. The van der Waals surface area contributed by atoms with Crippen LogP contribution in [-0.2, 0) is 23.0 Å². The van der Waals surface area contributed by atoms with Crippen LogP contribution in [-0.4, -0.2) is 43.9 Å². The normalized spacial score (nSPS) is 11.3. The number of aryl methyl sites for hydroxylation is 1. The molecule has 0 aliphatic heterocycles. The minimum atomic E-state index is -4.09. The van der Waals surface area contributed by atoms with Crippen molar-refractivity contribution in [3.8, 4) is 28.4 Å². The van der Waals surface area contributed by atoms with Crippen LogP contribution in [0.25, 0.3) is 22.5 Å². The maximum Gasteiger partial charge on any atom is 0.328 e. The van der Waals surface area contributed by atoms with Crippen molar-refractivity contribution in [1.29, 1.82) is 0 Å². The highest BCUT2D eigenvalue weighted by Gasteiger charge is 2.25. The molecule has 11 heteroatoms. The summed E-state index contributed by atoms with van der Waals surface area (Å²) in [6.45, 7) is 4.78. The lowest BCUT2D eigenvalue weighted by Gasteiger charge is -2.11. The van der Waals surface area contributed by atoms with Gasteiger partial charge in [-0.05, 0) is 30.0 Å². The lowest BCUT2D eigenvalue weighted by atomic mass is 10.1. The second-order valence-corrected chi connectivity index (χ2v) is 12.5. The maximum atomic E-state index is 13.3. The first-order valence-corrected chi connectivity index (χ1v) is 15.8. The van der Waals surface area contributed by atoms with E-state index in [9.17, 15) is 18.0 Å². The number of aldehydes is 1. The van der Waals surface area contributed by atoms with Gasteiger partial charge in [-0.3, -0.25) is 4.79 Å². The largest absolute Gasteiger partial charge is 0.479 e. The van der Waals surface area contributed by atoms with E-state index in [0.29, 0.717) is 35.7 Å². The van der Waals surface area contributed by atoms with Gasteiger partial charge in [-0.2, -0.15) is 4.98 Å². The molecule has 2 N–H and O–H groups in total. The first-order valence-electron chi connectivity index (χ1n) is 13.5. The predicted octanol–water partition coefficient (Wildman–Crippen LogP) is 5.89. The zero-order chi connectivity index (χ0) is 29.4. The van der Waals surface area contributed by atoms with E-state index in [2.05, 4.69) is 15.0 Å². The van der Waals surface area contributed by atoms with Gasteiger partial charge < -0.3 is 14.6 Å². The summed E-state index contributed by atoms with van der Waals surface area (Å²) in [6.07, 6.45) is 3.97. The van der Waals surface area contributed by atoms with Gasteiger partial charge in [0, 0.05) is 29.1 Å². The van der Waals surface area contributed by atoms with Gasteiger partial charge in [-0.1, -0.05) is 81.3 Å². The van der Waals surface area contributed by atoms with Crippen LogP contribution in [0.3, 0.4) is 0 Å². The molecule has 0 aliphatic rings. The molecule has 0 aliphatic carbocycles. The molecule has 0 fully saturated rings. The zero-order valence-electron chi connectivity index (χ0n) is 23.3. The fraction of sp³-hybridized carbons (Fsp3) is 0.300. The van der Waals surface area contributed by atoms with Crippen LogP contribution in [0.2, 0.25) is 0 Å². The Kier molecular flexibility index (Phi) is 9.95. The molecule has 2 heterocycles. The molecule has 4 aromatic rings. The number of urea groups is 1. The number of hydrogen-bond acceptors (Lipinski definition) is 7. The van der Waals surface area contributed by atoms with Crippen molar-refractivity contribution in [2.45, 2.75) is 50.3 Å². The topological polar surface area (TPSA) is 119 Å². The molecule has 0 spiro atoms. The number of carbonyl (C=O) groups is 2. The molecule has 2 amide bonds. The van der Waals surface area contributed by atoms with E-state index in [1.807, 2.05) is 74.5 Å². The van der Waals surface area contributed by atoms with Crippen molar-refractivity contribution >= 4 is 33.7 Å². The summed E-state index contributed by atoms with van der Waals surface area (Å²) in [5.41, 5.74) is 3.31. The number of amides is 2. The van der Waals surface area contributed by atoms with Gasteiger partial charge in [0.1, 0.15) is 15.7 Å². The second-order valence-electron chi connectivity index (χ2n) is 9.48. The van der Waals surface area contributed by atoms with E-state index in [0.717, 1.165) is 48.0 Å². The highest BCUT2D eigenvalue weighted by atomic mass is 32.2. The van der Waals surface area contributed by atoms with Crippen LogP contribution in [0, 0.1) is 0 Å². The lowest BCUT2D eigenvalue weighted by molar-refractivity contribution is 0.111. The molecule has 2 aromatic carbocycles. The third-order valence-electron chi connectivity index (χ3n) is 6.45. The van der Waals surface area contributed by atoms with Crippen molar-refractivity contribution in [3.05, 3.63) is 76.8 Å². The summed E-state index contributed by atoms with van der Waals surface area (Å²) in [5.74, 6) is 0.852. The molecular weight excluding hydrogens is 560 g/mol. The number of carbonyl (C=O) groups excluding carboxylic acids is 2. The van der Waals surface area contributed by atoms with Gasteiger partial charge in [0.2, 0.25) is 5.88 Å². The highest BCUT2D eigenvalue weighted by Crippen LogP contribution is 2.36. The van der Waals surface area contributed by atoms with Crippen LogP contribution in [0.15, 0.2) is 64.9 Å². The summed E-state index contributed by atoms with van der Waals surface area (Å²) in [5, 5.41) is 2.60. The number of thiophene rings is 1. The monoisotopic (exact) mass is 594 g/mol. The first kappa shape index (κ1) is 30.0. The molecule has 4 rings (SSSR count). The molecule has 216 valence electrons. The molecule has 0 radical (unpaired) electrons. The Bertz CT molecular complexity index is 1590. The number of hydrogen-bond donors (Lipinski definition) is 2. The Morgan fingerprint density at radius 2 is 1.78 bits per heavy atom. The molecular formula is C30H34N4O5S2. The minimum absolute atomic E-state index is 0.105. The van der Waals surface area contributed by atoms with Gasteiger partial charge in [0.15, 0.2) is 6.29 Å². The first-order chi connectivity index (χ1) is 19.8. The molecule has 0 saturated heterocycles. The van der Waals surface area contributed by atoms with E-state index < -0.39 is 16.1 Å². The standard InChI is InChI=1S/C30H34N4O5S2/c1-4-6-17-31-30(36)33-41(37,38)29-25(18-24(40-29)10-5-2)22-15-13-21(14-16-22)19-34-26(20-35)28(39-3)32-27(34)23-11-8-7-9-12-23/h7-9,11-16,18,20H,4-6,10,17,19H2,1-3H3,(H2,31,33,36). The van der Waals surface area contributed by atoms with Crippen LogP contribution < -0.4 is 14.8 Å². The Labute approximate surface area is 244 Å². The minimum Gasteiger partial charge on any atom is -0.479 e. The van der Waals surface area contributed by atoms with Crippen LogP contribution in [0.5, 0.6) is 5.88 Å². The second kappa shape index (κ2) is 13.6. The number of sulfonamides is 1. The summed E-state index contributed by atoms with van der Waals surface area (Å²) >= 11 is 1.18. The van der Waals surface area contributed by atoms with Crippen LogP contribution in [0.1, 0.15) is 54.0 Å². The third kappa shape index (κ3) is 7.04. The fourth-order valence-corrected chi connectivity index (χ4v) is 7.19. The molecule has 41 heavy (non-hydrogen) atoms. The molecule has 9 nitrogen and oxygen atoms in total. The Morgan fingerprint density at radius 3 is 2.41 bits per heavy atom. The summed E-state index contributed by atoms with van der Waals surface area (Å²) in [6, 6.07) is 18.2. The van der Waals surface area contributed by atoms with Gasteiger partial charge in [0.25, 0.3) is 10.0 Å². The molecule has 0 saturated carbocycles. The fourth-order valence-electron chi connectivity index (χ4n) is 4.42. The number of nitrogens with zero attached hydrogens (tertiary/aromatic N) is 2. The van der Waals surface area contributed by atoms with E-state index in [1.165, 1.54) is 18.4 Å². The number of imidazole rings is 1. The van der Waals surface area contributed by atoms with E-state index in [-0.39, 0.29) is 10.1 Å². The number of benzene rings is 2. The van der Waals surface area contributed by atoms with Crippen molar-refractivity contribution in [2.24, 2.45) is 0 Å². The number of methoxy groups -OCH3 is 1. The Hall–Kier alpha value is -3.96. The van der Waals surface area contributed by atoms with Gasteiger partial charge in [-0.15, -0.1) is 11.3 Å². The van der Waals surface area contributed by atoms with Gasteiger partial charge in [-0.25, -0.2) is 17.9 Å². The van der Waals surface area contributed by atoms with Crippen molar-refractivity contribution in [2.75, 3.05) is 13.7 Å². The smallest absolute Gasteiger partial charge is 0.328 e. The van der Waals surface area contributed by atoms with Crippen LogP contribution in [0.4, 0.5) is 4.79 Å². The van der Waals surface area contributed by atoms with E-state index >= 15 is 0 Å². The summed E-state index contributed by atoms with van der Waals surface area (Å²) < 4.78 is 35.9. The van der Waals surface area contributed by atoms with E-state index in [1.54, 1.807) is 4.57 Å². The average Bonchev–Trinajstić information content (AvgIpc) is 3.56. The van der Waals surface area contributed by atoms with E-state index in [4.69, 9.17) is 4.74 Å². The summed E-state index contributed by atoms with van der Waals surface area (Å²) in [4.78, 5) is 29.7. The highest BCUT2D eigenvalue weighted by molar-refractivity contribution is 7.92. The number of ether oxygens (including phenoxy) is 1. The SMILES string of the molecule is CCCCNC(=O)NS(=O)(=O)c1sc(CCC)cc1-c1ccc(Cn2c(-c3ccccc3)nc(OC)c2C=O)cc1. The lowest BCUT2D eigenvalue weighted by Crippen LogP contribution is -2.39. The Morgan fingerprint density at radius 1 is 1.05 bits per heavy atom. The maximum absolute atomic E-state index is 13.3. The van der Waals surface area contributed by atoms with Gasteiger partial charge >= 0.3 is 6.03 Å². The summed E-state index contributed by atoms with van der Waals surface area (Å²) in [7, 11) is -2.61. The molecule has 0 atom stereocenters. The van der Waals surface area contributed by atoms with Crippen molar-refractivity contribution < 1.29 is 22.7 Å².